The van der Waals surface area contributed by atoms with Crippen LogP contribution >= 0.6 is 23.2 Å². The number of rotatable bonds is 5. The highest BCUT2D eigenvalue weighted by Crippen LogP contribution is 2.13. The van der Waals surface area contributed by atoms with E-state index in [0.717, 1.165) is 0 Å². The third-order valence-corrected chi connectivity index (χ3v) is 3.71. The fourth-order valence-corrected chi connectivity index (χ4v) is 2.18. The van der Waals surface area contributed by atoms with Gasteiger partial charge < -0.3 is 10.1 Å². The highest BCUT2D eigenvalue weighted by molar-refractivity contribution is 6.31. The highest BCUT2D eigenvalue weighted by atomic mass is 35.5. The lowest BCUT2D eigenvalue weighted by Crippen LogP contribution is -2.47. The van der Waals surface area contributed by atoms with Gasteiger partial charge in [-0.15, -0.1) is 0 Å². The van der Waals surface area contributed by atoms with Crippen LogP contribution in [-0.4, -0.2) is 24.0 Å². The molecule has 1 N–H and O–H groups in total. The summed E-state index contributed by atoms with van der Waals surface area (Å²) in [4.78, 5) is 24.2. The SMILES string of the molecule is CC(C)(COC(=O)c1ccc(Cl)cc1)NC(=O)c1ccc(Cl)cc1. The predicted molar refractivity (Wildman–Crippen MR) is 94.7 cm³/mol. The van der Waals surface area contributed by atoms with E-state index in [1.165, 1.54) is 0 Å². The number of amides is 1. The molecule has 0 aliphatic rings. The Labute approximate surface area is 150 Å². The van der Waals surface area contributed by atoms with Gasteiger partial charge in [-0.25, -0.2) is 4.79 Å². The van der Waals surface area contributed by atoms with Crippen LogP contribution < -0.4 is 5.32 Å². The Bertz CT molecular complexity index is 725. The molecule has 0 radical (unpaired) electrons. The van der Waals surface area contributed by atoms with Crippen LogP contribution in [0.4, 0.5) is 0 Å². The monoisotopic (exact) mass is 365 g/mol. The van der Waals surface area contributed by atoms with Gasteiger partial charge in [-0.1, -0.05) is 23.2 Å². The summed E-state index contributed by atoms with van der Waals surface area (Å²) in [5.41, 5.74) is 0.162. The lowest BCUT2D eigenvalue weighted by Gasteiger charge is -2.25. The number of carbonyl (C=O) groups is 2. The van der Waals surface area contributed by atoms with E-state index in [9.17, 15) is 9.59 Å². The summed E-state index contributed by atoms with van der Waals surface area (Å²) in [7, 11) is 0. The molecule has 0 aliphatic heterocycles. The van der Waals surface area contributed by atoms with Crippen molar-refractivity contribution in [3.63, 3.8) is 0 Å². The molecular formula is C18H17Cl2NO3. The third kappa shape index (κ3) is 5.25. The zero-order chi connectivity index (χ0) is 17.7. The molecule has 0 aliphatic carbocycles. The predicted octanol–water partition coefficient (Wildman–Crippen LogP) is 4.36. The van der Waals surface area contributed by atoms with E-state index < -0.39 is 11.5 Å². The van der Waals surface area contributed by atoms with Crippen molar-refractivity contribution in [1.82, 2.24) is 5.32 Å². The second kappa shape index (κ2) is 7.69. The van der Waals surface area contributed by atoms with Gasteiger partial charge in [0.15, 0.2) is 0 Å². The summed E-state index contributed by atoms with van der Waals surface area (Å²) in [6.07, 6.45) is 0. The number of nitrogens with one attached hydrogen (secondary N) is 1. The second-order valence-electron chi connectivity index (χ2n) is 5.93. The lowest BCUT2D eigenvalue weighted by atomic mass is 10.1. The molecule has 0 heterocycles. The van der Waals surface area contributed by atoms with Crippen molar-refractivity contribution < 1.29 is 14.3 Å². The van der Waals surface area contributed by atoms with E-state index in [0.29, 0.717) is 21.2 Å². The van der Waals surface area contributed by atoms with Crippen LogP contribution in [0, 0.1) is 0 Å². The maximum absolute atomic E-state index is 12.2. The molecule has 0 bridgehead atoms. The largest absolute Gasteiger partial charge is 0.460 e. The minimum absolute atomic E-state index is 0.0355. The van der Waals surface area contributed by atoms with Gasteiger partial charge >= 0.3 is 5.97 Å². The van der Waals surface area contributed by atoms with Crippen LogP contribution in [0.25, 0.3) is 0 Å². The Balaban J connectivity index is 1.93. The summed E-state index contributed by atoms with van der Waals surface area (Å²) in [5, 5.41) is 3.93. The van der Waals surface area contributed by atoms with Gasteiger partial charge in [0, 0.05) is 15.6 Å². The normalized spacial score (nSPS) is 11.0. The molecule has 2 rings (SSSR count). The minimum Gasteiger partial charge on any atom is -0.460 e. The van der Waals surface area contributed by atoms with Crippen molar-refractivity contribution in [2.24, 2.45) is 0 Å². The minimum atomic E-state index is -0.723. The number of carbonyl (C=O) groups excluding carboxylic acids is 2. The number of ether oxygens (including phenoxy) is 1. The number of benzene rings is 2. The van der Waals surface area contributed by atoms with Crippen LogP contribution in [0.3, 0.4) is 0 Å². The van der Waals surface area contributed by atoms with E-state index in [1.54, 1.807) is 62.4 Å². The molecule has 0 aromatic heterocycles. The van der Waals surface area contributed by atoms with Gasteiger partial charge in [0.05, 0.1) is 11.1 Å². The number of halogens is 2. The summed E-state index contributed by atoms with van der Waals surface area (Å²) in [6, 6.07) is 13.0. The van der Waals surface area contributed by atoms with E-state index in [4.69, 9.17) is 27.9 Å². The standard InChI is InChI=1S/C18H17Cl2NO3/c1-18(2,21-16(22)12-3-7-14(19)8-4-12)11-24-17(23)13-5-9-15(20)10-6-13/h3-10H,11H2,1-2H3,(H,21,22). The maximum atomic E-state index is 12.2. The van der Waals surface area contributed by atoms with E-state index in [2.05, 4.69) is 5.32 Å². The van der Waals surface area contributed by atoms with Crippen LogP contribution in [0.5, 0.6) is 0 Å². The van der Waals surface area contributed by atoms with Gasteiger partial charge in [-0.2, -0.15) is 0 Å². The Morgan fingerprint density at radius 1 is 0.917 bits per heavy atom. The number of esters is 1. The third-order valence-electron chi connectivity index (χ3n) is 3.20. The van der Waals surface area contributed by atoms with E-state index in [-0.39, 0.29) is 12.5 Å². The fourth-order valence-electron chi connectivity index (χ4n) is 1.93. The average Bonchev–Trinajstić information content (AvgIpc) is 2.53. The van der Waals surface area contributed by atoms with E-state index in [1.807, 2.05) is 0 Å². The summed E-state index contributed by atoms with van der Waals surface area (Å²) < 4.78 is 5.27. The molecular weight excluding hydrogens is 349 g/mol. The molecule has 4 nitrogen and oxygen atoms in total. The summed E-state index contributed by atoms with van der Waals surface area (Å²) in [5.74, 6) is -0.736. The van der Waals surface area contributed by atoms with Crippen LogP contribution in [0.2, 0.25) is 10.0 Å². The first-order chi connectivity index (χ1) is 11.3. The molecule has 6 heteroatoms. The lowest BCUT2D eigenvalue weighted by molar-refractivity contribution is 0.0390. The van der Waals surface area contributed by atoms with Gasteiger partial charge in [0.2, 0.25) is 0 Å². The Kier molecular flexibility index (Phi) is 5.86. The van der Waals surface area contributed by atoms with Crippen molar-refractivity contribution >= 4 is 35.1 Å². The van der Waals surface area contributed by atoms with Crippen LogP contribution in [-0.2, 0) is 4.74 Å². The van der Waals surface area contributed by atoms with E-state index >= 15 is 0 Å². The molecule has 0 unspecified atom stereocenters. The molecule has 0 saturated carbocycles. The van der Waals surface area contributed by atoms with Gasteiger partial charge in [0.25, 0.3) is 5.91 Å². The molecule has 24 heavy (non-hydrogen) atoms. The summed E-state index contributed by atoms with van der Waals surface area (Å²) in [6.45, 7) is 3.58. The molecule has 1 amide bonds. The van der Waals surface area contributed by atoms with Gasteiger partial charge in [-0.3, -0.25) is 4.79 Å². The molecule has 0 saturated heterocycles. The molecule has 0 atom stereocenters. The first kappa shape index (κ1) is 18.3. The second-order valence-corrected chi connectivity index (χ2v) is 6.80. The Morgan fingerprint density at radius 3 is 1.88 bits per heavy atom. The fraction of sp³-hybridized carbons (Fsp3) is 0.222. The van der Waals surface area contributed by atoms with Crippen molar-refractivity contribution in [2.75, 3.05) is 6.61 Å². The van der Waals surface area contributed by atoms with Crippen molar-refractivity contribution in [3.8, 4) is 0 Å². The van der Waals surface area contributed by atoms with Gasteiger partial charge in [0.1, 0.15) is 6.61 Å². The van der Waals surface area contributed by atoms with Crippen molar-refractivity contribution in [2.45, 2.75) is 19.4 Å². The topological polar surface area (TPSA) is 55.4 Å². The van der Waals surface area contributed by atoms with Gasteiger partial charge in [-0.05, 0) is 62.4 Å². The number of hydrogen-bond acceptors (Lipinski definition) is 3. The Morgan fingerprint density at radius 2 is 1.38 bits per heavy atom. The zero-order valence-electron chi connectivity index (χ0n) is 13.3. The quantitative estimate of drug-likeness (QED) is 0.800. The summed E-state index contributed by atoms with van der Waals surface area (Å²) >= 11 is 11.6. The van der Waals surface area contributed by atoms with Crippen LogP contribution in [0.15, 0.2) is 48.5 Å². The molecule has 2 aromatic carbocycles. The van der Waals surface area contributed by atoms with Crippen molar-refractivity contribution in [3.05, 3.63) is 69.7 Å². The maximum Gasteiger partial charge on any atom is 0.338 e. The Hall–Kier alpha value is -2.04. The first-order valence-electron chi connectivity index (χ1n) is 7.28. The van der Waals surface area contributed by atoms with Crippen molar-refractivity contribution in [1.29, 1.82) is 0 Å². The highest BCUT2D eigenvalue weighted by Gasteiger charge is 2.23. The number of hydrogen-bond donors (Lipinski definition) is 1. The first-order valence-corrected chi connectivity index (χ1v) is 8.03. The molecule has 2 aromatic rings. The smallest absolute Gasteiger partial charge is 0.338 e. The van der Waals surface area contributed by atoms with Crippen LogP contribution in [0.1, 0.15) is 34.6 Å². The zero-order valence-corrected chi connectivity index (χ0v) is 14.8. The molecule has 126 valence electrons. The average molecular weight is 366 g/mol. The molecule has 0 fully saturated rings. The molecule has 0 spiro atoms.